The number of hydrogen-bond acceptors (Lipinski definition) is 3. The summed E-state index contributed by atoms with van der Waals surface area (Å²) in [5.74, 6) is -3.80. The van der Waals surface area contributed by atoms with E-state index >= 15 is 0 Å². The van der Waals surface area contributed by atoms with Crippen LogP contribution < -0.4 is 0 Å². The summed E-state index contributed by atoms with van der Waals surface area (Å²) in [5.41, 5.74) is -4.71. The summed E-state index contributed by atoms with van der Waals surface area (Å²) in [5, 5.41) is 8.04. The van der Waals surface area contributed by atoms with Crippen molar-refractivity contribution in [3.05, 3.63) is 12.2 Å². The number of esters is 1. The van der Waals surface area contributed by atoms with Gasteiger partial charge in [-0.15, -0.1) is 0 Å². The molecule has 0 radical (unpaired) electrons. The SMILES string of the molecule is CC(OC(=O)C=CC(=O)O)(C(F)(F)F)C(F)(F)F. The fourth-order valence-electron chi connectivity index (χ4n) is 0.651. The molecule has 0 heterocycles. The van der Waals surface area contributed by atoms with Gasteiger partial charge in [0.05, 0.1) is 0 Å². The molecule has 0 unspecified atom stereocenters. The maximum absolute atomic E-state index is 12.2. The number of carboxylic acid groups (broad SMARTS) is 1. The van der Waals surface area contributed by atoms with E-state index < -0.39 is 29.9 Å². The molecule has 0 fully saturated rings. The van der Waals surface area contributed by atoms with Crippen LogP contribution in [0.5, 0.6) is 0 Å². The van der Waals surface area contributed by atoms with Crippen molar-refractivity contribution in [3.63, 3.8) is 0 Å². The van der Waals surface area contributed by atoms with Gasteiger partial charge in [-0.2, -0.15) is 26.3 Å². The van der Waals surface area contributed by atoms with Crippen molar-refractivity contribution in [1.29, 1.82) is 0 Å². The lowest BCUT2D eigenvalue weighted by atomic mass is 10.1. The van der Waals surface area contributed by atoms with Crippen molar-refractivity contribution in [3.8, 4) is 0 Å². The monoisotopic (exact) mass is 280 g/mol. The van der Waals surface area contributed by atoms with E-state index in [0.29, 0.717) is 0 Å². The minimum Gasteiger partial charge on any atom is -0.478 e. The second-order valence-corrected chi connectivity index (χ2v) is 3.12. The number of carboxylic acids is 1. The fraction of sp³-hybridized carbons (Fsp3) is 0.500. The molecular weight excluding hydrogens is 274 g/mol. The minimum atomic E-state index is -5.89. The van der Waals surface area contributed by atoms with E-state index in [1.807, 2.05) is 0 Å². The molecule has 0 atom stereocenters. The van der Waals surface area contributed by atoms with E-state index in [-0.39, 0.29) is 19.1 Å². The third kappa shape index (κ3) is 3.64. The molecule has 0 bridgehead atoms. The van der Waals surface area contributed by atoms with Gasteiger partial charge < -0.3 is 9.84 Å². The first-order chi connectivity index (χ1) is 7.81. The lowest BCUT2D eigenvalue weighted by molar-refractivity contribution is -0.361. The van der Waals surface area contributed by atoms with Crippen molar-refractivity contribution < 1.29 is 45.8 Å². The molecule has 104 valence electrons. The van der Waals surface area contributed by atoms with Crippen molar-refractivity contribution in [2.24, 2.45) is 0 Å². The van der Waals surface area contributed by atoms with Gasteiger partial charge in [0.15, 0.2) is 0 Å². The molecule has 0 spiro atoms. The third-order valence-corrected chi connectivity index (χ3v) is 1.75. The Labute approximate surface area is 95.8 Å². The molecule has 0 aliphatic carbocycles. The van der Waals surface area contributed by atoms with E-state index in [2.05, 4.69) is 4.74 Å². The molecule has 0 amide bonds. The van der Waals surface area contributed by atoms with Crippen LogP contribution in [0.15, 0.2) is 12.2 Å². The first-order valence-electron chi connectivity index (χ1n) is 4.08. The van der Waals surface area contributed by atoms with Crippen LogP contribution in [0.25, 0.3) is 0 Å². The average molecular weight is 280 g/mol. The van der Waals surface area contributed by atoms with Crippen molar-refractivity contribution >= 4 is 11.9 Å². The highest BCUT2D eigenvalue weighted by atomic mass is 19.4. The van der Waals surface area contributed by atoms with E-state index in [0.717, 1.165) is 0 Å². The smallest absolute Gasteiger partial charge is 0.437 e. The van der Waals surface area contributed by atoms with Gasteiger partial charge in [0.2, 0.25) is 0 Å². The lowest BCUT2D eigenvalue weighted by Crippen LogP contribution is -2.57. The van der Waals surface area contributed by atoms with Gasteiger partial charge >= 0.3 is 24.3 Å². The van der Waals surface area contributed by atoms with Crippen molar-refractivity contribution in [2.45, 2.75) is 24.9 Å². The predicted octanol–water partition coefficient (Wildman–Crippen LogP) is 2.05. The fourth-order valence-corrected chi connectivity index (χ4v) is 0.651. The highest BCUT2D eigenvalue weighted by Gasteiger charge is 2.71. The van der Waals surface area contributed by atoms with Gasteiger partial charge in [-0.1, -0.05) is 0 Å². The standard InChI is InChI=1S/C8H6F6O4/c1-6(7(9,10)11,8(12,13)14)18-5(17)3-2-4(15)16/h2-3H,1H3,(H,15,16). The zero-order chi connectivity index (χ0) is 14.8. The molecule has 0 aliphatic rings. The molecule has 0 aliphatic heterocycles. The first kappa shape index (κ1) is 16.3. The van der Waals surface area contributed by atoms with Crippen molar-refractivity contribution in [1.82, 2.24) is 0 Å². The number of aliphatic carboxylic acids is 1. The Morgan fingerprint density at radius 3 is 1.67 bits per heavy atom. The second kappa shape index (κ2) is 4.86. The zero-order valence-corrected chi connectivity index (χ0v) is 8.59. The van der Waals surface area contributed by atoms with Crippen LogP contribution in [0.4, 0.5) is 26.3 Å². The summed E-state index contributed by atoms with van der Waals surface area (Å²) in [6.07, 6.45) is -11.8. The van der Waals surface area contributed by atoms with E-state index in [9.17, 15) is 35.9 Å². The summed E-state index contributed by atoms with van der Waals surface area (Å²) in [6.45, 7) is -0.375. The Morgan fingerprint density at radius 2 is 1.39 bits per heavy atom. The number of hydrogen-bond donors (Lipinski definition) is 1. The van der Waals surface area contributed by atoms with E-state index in [1.165, 1.54) is 0 Å². The zero-order valence-electron chi connectivity index (χ0n) is 8.59. The molecule has 1 N–H and O–H groups in total. The molecule has 0 rings (SSSR count). The van der Waals surface area contributed by atoms with E-state index in [1.54, 1.807) is 0 Å². The van der Waals surface area contributed by atoms with Crippen LogP contribution in [0, 0.1) is 0 Å². The number of ether oxygens (including phenoxy) is 1. The number of carbonyl (C=O) groups excluding carboxylic acids is 1. The lowest BCUT2D eigenvalue weighted by Gasteiger charge is -2.32. The number of rotatable bonds is 3. The molecule has 0 saturated carbocycles. The van der Waals surface area contributed by atoms with Gasteiger partial charge in [-0.25, -0.2) is 9.59 Å². The molecule has 0 aromatic carbocycles. The summed E-state index contributed by atoms with van der Waals surface area (Å²) < 4.78 is 76.6. The van der Waals surface area contributed by atoms with Crippen molar-refractivity contribution in [2.75, 3.05) is 0 Å². The minimum absolute atomic E-state index is 0.0511. The maximum Gasteiger partial charge on any atom is 0.437 e. The highest BCUT2D eigenvalue weighted by molar-refractivity contribution is 5.90. The summed E-state index contributed by atoms with van der Waals surface area (Å²) in [7, 11) is 0. The summed E-state index contributed by atoms with van der Waals surface area (Å²) in [6, 6.07) is 0. The van der Waals surface area contributed by atoms with Gasteiger partial charge in [0, 0.05) is 12.2 Å². The predicted molar refractivity (Wildman–Crippen MR) is 43.4 cm³/mol. The number of alkyl halides is 6. The highest BCUT2D eigenvalue weighted by Crippen LogP contribution is 2.45. The van der Waals surface area contributed by atoms with E-state index in [4.69, 9.17) is 5.11 Å². The Bertz CT molecular complexity index is 353. The quantitative estimate of drug-likeness (QED) is 0.488. The first-order valence-corrected chi connectivity index (χ1v) is 4.08. The van der Waals surface area contributed by atoms with Crippen LogP contribution in [0.1, 0.15) is 6.92 Å². The van der Waals surface area contributed by atoms with Gasteiger partial charge in [-0.05, 0) is 6.92 Å². The Morgan fingerprint density at radius 1 is 1.00 bits per heavy atom. The molecule has 0 aromatic rings. The molecule has 4 nitrogen and oxygen atoms in total. The van der Waals surface area contributed by atoms with Crippen LogP contribution in [-0.4, -0.2) is 35.0 Å². The molecule has 10 heteroatoms. The van der Waals surface area contributed by atoms with Crippen LogP contribution in [-0.2, 0) is 14.3 Å². The third-order valence-electron chi connectivity index (χ3n) is 1.75. The van der Waals surface area contributed by atoms with Gasteiger partial charge in [0.1, 0.15) is 0 Å². The van der Waals surface area contributed by atoms with Crippen LogP contribution in [0.3, 0.4) is 0 Å². The maximum atomic E-state index is 12.2. The summed E-state index contributed by atoms with van der Waals surface area (Å²) >= 11 is 0. The van der Waals surface area contributed by atoms with Crippen LogP contribution >= 0.6 is 0 Å². The molecule has 18 heavy (non-hydrogen) atoms. The molecule has 0 saturated heterocycles. The summed E-state index contributed by atoms with van der Waals surface area (Å²) in [4.78, 5) is 20.6. The van der Waals surface area contributed by atoms with Gasteiger partial charge in [-0.3, -0.25) is 0 Å². The average Bonchev–Trinajstić information content (AvgIpc) is 2.10. The number of carbonyl (C=O) groups is 2. The number of halogens is 6. The normalized spacial score (nSPS) is 13.7. The second-order valence-electron chi connectivity index (χ2n) is 3.12. The van der Waals surface area contributed by atoms with Gasteiger partial charge in [0.25, 0.3) is 5.60 Å². The molecular formula is C8H6F6O4. The Hall–Kier alpha value is -1.74. The Balaban J connectivity index is 5.19. The molecule has 0 aromatic heterocycles. The largest absolute Gasteiger partial charge is 0.478 e. The topological polar surface area (TPSA) is 63.6 Å². The Kier molecular flexibility index (Phi) is 4.39. The van der Waals surface area contributed by atoms with Crippen LogP contribution in [0.2, 0.25) is 0 Å².